The van der Waals surface area contributed by atoms with E-state index in [0.29, 0.717) is 31.5 Å². The summed E-state index contributed by atoms with van der Waals surface area (Å²) in [6, 6.07) is 1.99. The molecule has 1 aromatic heterocycles. The van der Waals surface area contributed by atoms with Gasteiger partial charge >= 0.3 is 6.09 Å². The monoisotopic (exact) mass is 509 g/mol. The van der Waals surface area contributed by atoms with E-state index in [1.807, 2.05) is 26.8 Å². The van der Waals surface area contributed by atoms with Crippen LogP contribution >= 0.6 is 24.0 Å². The number of nitrogens with zero attached hydrogens (tertiary/aromatic N) is 3. The maximum Gasteiger partial charge on any atom is 0.410 e. The Morgan fingerprint density at radius 1 is 1.32 bits per heavy atom. The van der Waals surface area contributed by atoms with Crippen LogP contribution in [0.15, 0.2) is 15.6 Å². The Kier molecular flexibility index (Phi) is 12.1. The normalized spacial score (nSPS) is 11.8. The molecule has 162 valence electrons. The van der Waals surface area contributed by atoms with E-state index in [9.17, 15) is 4.79 Å². The SMILES string of the molecule is CCC(CC)c1cc(CNC(=NC)NCCN(C)C(=O)OC(C)(C)C)on1.I. The molecule has 1 aromatic rings. The lowest BCUT2D eigenvalue weighted by molar-refractivity contribution is 0.0302. The number of rotatable bonds is 8. The van der Waals surface area contributed by atoms with Crippen molar-refractivity contribution in [1.82, 2.24) is 20.7 Å². The van der Waals surface area contributed by atoms with E-state index in [0.717, 1.165) is 24.3 Å². The first-order valence-corrected chi connectivity index (χ1v) is 9.54. The molecule has 8 nitrogen and oxygen atoms in total. The lowest BCUT2D eigenvalue weighted by Crippen LogP contribution is -2.42. The van der Waals surface area contributed by atoms with Gasteiger partial charge in [0.15, 0.2) is 11.7 Å². The number of carbonyl (C=O) groups is 1. The molecule has 0 saturated heterocycles. The molecular weight excluding hydrogens is 473 g/mol. The van der Waals surface area contributed by atoms with E-state index in [4.69, 9.17) is 9.26 Å². The number of likely N-dealkylation sites (N-methyl/N-ethyl adjacent to an activating group) is 1. The van der Waals surface area contributed by atoms with Crippen molar-refractivity contribution in [3.05, 3.63) is 17.5 Å². The van der Waals surface area contributed by atoms with Crippen molar-refractivity contribution in [3.63, 3.8) is 0 Å². The number of guanidine groups is 1. The van der Waals surface area contributed by atoms with Gasteiger partial charge in [0.2, 0.25) is 0 Å². The van der Waals surface area contributed by atoms with E-state index in [-0.39, 0.29) is 30.1 Å². The molecule has 0 aromatic carbocycles. The lowest BCUT2D eigenvalue weighted by atomic mass is 9.99. The van der Waals surface area contributed by atoms with Crippen LogP contribution in [0.3, 0.4) is 0 Å². The Morgan fingerprint density at radius 2 is 1.96 bits per heavy atom. The minimum absolute atomic E-state index is 0. The Labute approximate surface area is 185 Å². The van der Waals surface area contributed by atoms with Crippen LogP contribution in [0.2, 0.25) is 0 Å². The van der Waals surface area contributed by atoms with Crippen LogP contribution in [-0.2, 0) is 11.3 Å². The fourth-order valence-corrected chi connectivity index (χ4v) is 2.48. The average Bonchev–Trinajstić information content (AvgIpc) is 3.06. The first kappa shape index (κ1) is 26.5. The van der Waals surface area contributed by atoms with Gasteiger partial charge < -0.3 is 24.8 Å². The summed E-state index contributed by atoms with van der Waals surface area (Å²) in [5.41, 5.74) is 0.500. The summed E-state index contributed by atoms with van der Waals surface area (Å²) in [6.07, 6.45) is 1.75. The average molecular weight is 509 g/mol. The Hall–Kier alpha value is -1.52. The van der Waals surface area contributed by atoms with Crippen molar-refractivity contribution in [2.24, 2.45) is 4.99 Å². The van der Waals surface area contributed by atoms with Gasteiger partial charge in [0.1, 0.15) is 5.60 Å². The lowest BCUT2D eigenvalue weighted by Gasteiger charge is -2.24. The largest absolute Gasteiger partial charge is 0.444 e. The van der Waals surface area contributed by atoms with Gasteiger partial charge in [-0.3, -0.25) is 4.99 Å². The molecule has 0 aliphatic heterocycles. The summed E-state index contributed by atoms with van der Waals surface area (Å²) in [5, 5.41) is 10.5. The van der Waals surface area contributed by atoms with Crippen LogP contribution in [0, 0.1) is 0 Å². The second kappa shape index (κ2) is 12.8. The number of nitrogens with one attached hydrogen (secondary N) is 2. The Balaban J connectivity index is 0.00000729. The summed E-state index contributed by atoms with van der Waals surface area (Å²) in [5.74, 6) is 1.84. The number of hydrogen-bond donors (Lipinski definition) is 2. The predicted octanol–water partition coefficient (Wildman–Crippen LogP) is 3.73. The van der Waals surface area contributed by atoms with Gasteiger partial charge in [0.05, 0.1) is 12.2 Å². The molecule has 1 rings (SSSR count). The molecule has 0 unspecified atom stereocenters. The Bertz CT molecular complexity index is 609. The molecule has 2 N–H and O–H groups in total. The topological polar surface area (TPSA) is 92.0 Å². The third-order valence-electron chi connectivity index (χ3n) is 4.08. The van der Waals surface area contributed by atoms with E-state index in [2.05, 4.69) is 34.6 Å². The highest BCUT2D eigenvalue weighted by molar-refractivity contribution is 14.0. The van der Waals surface area contributed by atoms with Crippen LogP contribution in [-0.4, -0.2) is 54.9 Å². The quantitative estimate of drug-likeness (QED) is 0.315. The first-order chi connectivity index (χ1) is 12.7. The predicted molar refractivity (Wildman–Crippen MR) is 122 cm³/mol. The zero-order valence-corrected chi connectivity index (χ0v) is 20.5. The van der Waals surface area contributed by atoms with Crippen molar-refractivity contribution in [2.75, 3.05) is 27.2 Å². The highest BCUT2D eigenvalue weighted by Gasteiger charge is 2.19. The van der Waals surface area contributed by atoms with E-state index in [1.165, 1.54) is 4.90 Å². The smallest absolute Gasteiger partial charge is 0.410 e. The zero-order chi connectivity index (χ0) is 20.4. The number of hydrogen-bond acceptors (Lipinski definition) is 5. The fraction of sp³-hybridized carbons (Fsp3) is 0.737. The number of amides is 1. The summed E-state index contributed by atoms with van der Waals surface area (Å²) in [4.78, 5) is 17.6. The van der Waals surface area contributed by atoms with E-state index in [1.54, 1.807) is 14.1 Å². The number of aliphatic imine (C=N–C) groups is 1. The van der Waals surface area contributed by atoms with Crippen molar-refractivity contribution >= 4 is 36.0 Å². The van der Waals surface area contributed by atoms with Crippen molar-refractivity contribution < 1.29 is 14.1 Å². The van der Waals surface area contributed by atoms with Crippen LogP contribution in [0.25, 0.3) is 0 Å². The second-order valence-corrected chi connectivity index (χ2v) is 7.49. The summed E-state index contributed by atoms with van der Waals surface area (Å²) in [7, 11) is 3.41. The Morgan fingerprint density at radius 3 is 2.50 bits per heavy atom. The standard InChI is InChI=1S/C19H35N5O3.HI/c1-8-14(9-2)16-12-15(27-23-16)13-22-17(20-6)21-10-11-24(7)18(25)26-19(3,4)5;/h12,14H,8-11,13H2,1-7H3,(H2,20,21,22);1H. The van der Waals surface area contributed by atoms with Crippen LogP contribution in [0.1, 0.15) is 64.8 Å². The highest BCUT2D eigenvalue weighted by atomic mass is 127. The van der Waals surface area contributed by atoms with Gasteiger partial charge in [-0.05, 0) is 33.6 Å². The molecule has 9 heteroatoms. The van der Waals surface area contributed by atoms with Gasteiger partial charge in [-0.25, -0.2) is 4.79 Å². The molecule has 0 aliphatic carbocycles. The summed E-state index contributed by atoms with van der Waals surface area (Å²) in [6.45, 7) is 11.4. The fourth-order valence-electron chi connectivity index (χ4n) is 2.48. The van der Waals surface area contributed by atoms with Gasteiger partial charge in [0.25, 0.3) is 0 Å². The first-order valence-electron chi connectivity index (χ1n) is 9.54. The molecule has 0 spiro atoms. The van der Waals surface area contributed by atoms with Gasteiger partial charge in [-0.15, -0.1) is 24.0 Å². The van der Waals surface area contributed by atoms with Crippen molar-refractivity contribution in [3.8, 4) is 0 Å². The van der Waals surface area contributed by atoms with Crippen LogP contribution < -0.4 is 10.6 Å². The van der Waals surface area contributed by atoms with Gasteiger partial charge in [-0.1, -0.05) is 19.0 Å². The van der Waals surface area contributed by atoms with E-state index < -0.39 is 5.60 Å². The molecule has 0 radical (unpaired) electrons. The number of aromatic nitrogens is 1. The minimum Gasteiger partial charge on any atom is -0.444 e. The van der Waals surface area contributed by atoms with Crippen LogP contribution in [0.5, 0.6) is 0 Å². The molecule has 0 saturated carbocycles. The molecule has 0 atom stereocenters. The summed E-state index contributed by atoms with van der Waals surface area (Å²) < 4.78 is 10.7. The third kappa shape index (κ3) is 9.61. The number of halogens is 1. The van der Waals surface area contributed by atoms with Crippen molar-refractivity contribution in [2.45, 2.75) is 65.5 Å². The molecule has 28 heavy (non-hydrogen) atoms. The zero-order valence-electron chi connectivity index (χ0n) is 18.2. The second-order valence-electron chi connectivity index (χ2n) is 7.49. The molecule has 0 aliphatic rings. The number of carbonyl (C=O) groups excluding carboxylic acids is 1. The maximum absolute atomic E-state index is 11.9. The molecule has 1 amide bonds. The third-order valence-corrected chi connectivity index (χ3v) is 4.08. The van der Waals surface area contributed by atoms with Crippen molar-refractivity contribution in [1.29, 1.82) is 0 Å². The minimum atomic E-state index is -0.499. The molecular formula is C19H36IN5O3. The maximum atomic E-state index is 11.9. The van der Waals surface area contributed by atoms with Gasteiger partial charge in [0, 0.05) is 39.2 Å². The summed E-state index contributed by atoms with van der Waals surface area (Å²) >= 11 is 0. The van der Waals surface area contributed by atoms with E-state index >= 15 is 0 Å². The van der Waals surface area contributed by atoms with Gasteiger partial charge in [-0.2, -0.15) is 0 Å². The molecule has 0 fully saturated rings. The number of ether oxygens (including phenoxy) is 1. The molecule has 0 bridgehead atoms. The highest BCUT2D eigenvalue weighted by Crippen LogP contribution is 2.22. The van der Waals surface area contributed by atoms with Crippen LogP contribution in [0.4, 0.5) is 4.79 Å². The molecule has 1 heterocycles.